The van der Waals surface area contributed by atoms with Crippen molar-refractivity contribution in [1.29, 1.82) is 0 Å². The number of nitrogens with one attached hydrogen (secondary N) is 2. The summed E-state index contributed by atoms with van der Waals surface area (Å²) in [4.78, 5) is 11.7. The summed E-state index contributed by atoms with van der Waals surface area (Å²) in [5.74, 6) is 0. The minimum absolute atomic E-state index is 0.207. The van der Waals surface area contributed by atoms with Crippen molar-refractivity contribution in [2.75, 3.05) is 0 Å². The highest BCUT2D eigenvalue weighted by Gasteiger charge is 2.41. The largest absolute Gasteiger partial charge is 0.444 e. The van der Waals surface area contributed by atoms with E-state index in [2.05, 4.69) is 24.5 Å². The fraction of sp³-hybridized carbons (Fsp3) is 0.933. The van der Waals surface area contributed by atoms with Gasteiger partial charge in [0.15, 0.2) is 0 Å². The van der Waals surface area contributed by atoms with Gasteiger partial charge in [0, 0.05) is 18.1 Å². The SMILES string of the molecule is CC1CC(NC2CC2NC(=O)OC(C)(C)C)CC(C)O1. The van der Waals surface area contributed by atoms with Gasteiger partial charge in [-0.1, -0.05) is 0 Å². The van der Waals surface area contributed by atoms with Gasteiger partial charge in [-0.15, -0.1) is 0 Å². The molecule has 1 aliphatic carbocycles. The average Bonchev–Trinajstić information content (AvgIpc) is 2.90. The van der Waals surface area contributed by atoms with Gasteiger partial charge in [0.25, 0.3) is 0 Å². The molecule has 1 aliphatic heterocycles. The van der Waals surface area contributed by atoms with E-state index in [0.29, 0.717) is 24.3 Å². The molecule has 2 N–H and O–H groups in total. The molecule has 5 heteroatoms. The molecule has 5 nitrogen and oxygen atoms in total. The van der Waals surface area contributed by atoms with Crippen molar-refractivity contribution in [3.05, 3.63) is 0 Å². The fourth-order valence-electron chi connectivity index (χ4n) is 2.84. The number of amides is 1. The third-order valence-corrected chi connectivity index (χ3v) is 3.64. The van der Waals surface area contributed by atoms with Crippen molar-refractivity contribution in [1.82, 2.24) is 10.6 Å². The number of hydrogen-bond donors (Lipinski definition) is 2. The van der Waals surface area contributed by atoms with Crippen molar-refractivity contribution >= 4 is 6.09 Å². The van der Waals surface area contributed by atoms with E-state index in [1.54, 1.807) is 0 Å². The van der Waals surface area contributed by atoms with Crippen molar-refractivity contribution < 1.29 is 14.3 Å². The first-order valence-electron chi connectivity index (χ1n) is 7.64. The average molecular weight is 284 g/mol. The van der Waals surface area contributed by atoms with Crippen molar-refractivity contribution in [3.63, 3.8) is 0 Å². The first kappa shape index (κ1) is 15.6. The van der Waals surface area contributed by atoms with E-state index in [4.69, 9.17) is 9.47 Å². The molecule has 2 rings (SSSR count). The van der Waals surface area contributed by atoms with Gasteiger partial charge in [0.2, 0.25) is 0 Å². The van der Waals surface area contributed by atoms with Gasteiger partial charge >= 0.3 is 6.09 Å². The summed E-state index contributed by atoms with van der Waals surface area (Å²) < 4.78 is 11.0. The Morgan fingerprint density at radius 2 is 1.70 bits per heavy atom. The first-order chi connectivity index (χ1) is 9.23. The standard InChI is InChI=1S/C15H28N2O3/c1-9-6-11(7-10(2)19-9)16-12-8-13(12)17-14(18)20-15(3,4)5/h9-13,16H,6-8H2,1-5H3,(H,17,18). The summed E-state index contributed by atoms with van der Waals surface area (Å²) in [6.45, 7) is 9.86. The minimum atomic E-state index is -0.437. The quantitative estimate of drug-likeness (QED) is 0.834. The summed E-state index contributed by atoms with van der Waals surface area (Å²) in [6.07, 6.45) is 3.37. The smallest absolute Gasteiger partial charge is 0.407 e. The molecule has 116 valence electrons. The van der Waals surface area contributed by atoms with Crippen LogP contribution in [0.3, 0.4) is 0 Å². The fourth-order valence-corrected chi connectivity index (χ4v) is 2.84. The first-order valence-corrected chi connectivity index (χ1v) is 7.64. The minimum Gasteiger partial charge on any atom is -0.444 e. The molecule has 0 bridgehead atoms. The second-order valence-corrected chi connectivity index (χ2v) is 7.19. The molecular formula is C15H28N2O3. The van der Waals surface area contributed by atoms with Crippen LogP contribution in [0.15, 0.2) is 0 Å². The van der Waals surface area contributed by atoms with Crippen LogP contribution in [0.4, 0.5) is 4.79 Å². The third kappa shape index (κ3) is 4.94. The van der Waals surface area contributed by atoms with Crippen LogP contribution >= 0.6 is 0 Å². The van der Waals surface area contributed by atoms with E-state index < -0.39 is 5.60 Å². The predicted octanol–water partition coefficient (Wildman–Crippen LogP) is 2.20. The number of hydrogen-bond acceptors (Lipinski definition) is 4. The molecule has 0 aromatic heterocycles. The van der Waals surface area contributed by atoms with Crippen molar-refractivity contribution in [2.45, 2.75) is 89.8 Å². The summed E-state index contributed by atoms with van der Waals surface area (Å²) in [7, 11) is 0. The lowest BCUT2D eigenvalue weighted by atomic mass is 10.00. The normalized spacial score (nSPS) is 37.4. The van der Waals surface area contributed by atoms with Crippen LogP contribution in [0.1, 0.15) is 53.9 Å². The molecule has 1 saturated carbocycles. The van der Waals surface area contributed by atoms with E-state index in [0.717, 1.165) is 19.3 Å². The Hall–Kier alpha value is -0.810. The van der Waals surface area contributed by atoms with E-state index in [1.807, 2.05) is 20.8 Å². The van der Waals surface area contributed by atoms with E-state index >= 15 is 0 Å². The molecule has 0 radical (unpaired) electrons. The van der Waals surface area contributed by atoms with Gasteiger partial charge in [-0.25, -0.2) is 4.79 Å². The Morgan fingerprint density at radius 3 is 2.25 bits per heavy atom. The van der Waals surface area contributed by atoms with Crippen LogP contribution in [0.5, 0.6) is 0 Å². The number of carbonyl (C=O) groups is 1. The topological polar surface area (TPSA) is 59.6 Å². The third-order valence-electron chi connectivity index (χ3n) is 3.64. The molecule has 1 saturated heterocycles. The number of alkyl carbamates (subject to hydrolysis) is 1. The number of ether oxygens (including phenoxy) is 2. The van der Waals surface area contributed by atoms with Crippen LogP contribution in [0, 0.1) is 0 Å². The highest BCUT2D eigenvalue weighted by atomic mass is 16.6. The van der Waals surface area contributed by atoms with Gasteiger partial charge in [-0.3, -0.25) is 0 Å². The van der Waals surface area contributed by atoms with Crippen LogP contribution in [-0.2, 0) is 9.47 Å². The van der Waals surface area contributed by atoms with E-state index in [1.165, 1.54) is 0 Å². The van der Waals surface area contributed by atoms with Gasteiger partial charge in [-0.05, 0) is 53.9 Å². The molecular weight excluding hydrogens is 256 g/mol. The summed E-state index contributed by atoms with van der Waals surface area (Å²) in [5.41, 5.74) is -0.437. The molecule has 4 unspecified atom stereocenters. The molecule has 1 amide bonds. The van der Waals surface area contributed by atoms with Gasteiger partial charge in [0.05, 0.1) is 12.2 Å². The molecule has 2 aliphatic rings. The van der Waals surface area contributed by atoms with Gasteiger partial charge in [0.1, 0.15) is 5.60 Å². The van der Waals surface area contributed by atoms with Crippen molar-refractivity contribution in [2.24, 2.45) is 0 Å². The highest BCUT2D eigenvalue weighted by molar-refractivity contribution is 5.68. The highest BCUT2D eigenvalue weighted by Crippen LogP contribution is 2.26. The summed E-state index contributed by atoms with van der Waals surface area (Å²) in [5, 5.41) is 6.54. The summed E-state index contributed by atoms with van der Waals surface area (Å²) in [6, 6.07) is 1.08. The monoisotopic (exact) mass is 284 g/mol. The molecule has 0 aromatic rings. The molecule has 20 heavy (non-hydrogen) atoms. The van der Waals surface area contributed by atoms with Crippen LogP contribution in [-0.4, -0.2) is 42.0 Å². The Morgan fingerprint density at radius 1 is 1.10 bits per heavy atom. The predicted molar refractivity (Wildman–Crippen MR) is 77.7 cm³/mol. The molecule has 0 aromatic carbocycles. The maximum Gasteiger partial charge on any atom is 0.407 e. The lowest BCUT2D eigenvalue weighted by Crippen LogP contribution is -2.44. The lowest BCUT2D eigenvalue weighted by Gasteiger charge is -2.32. The number of carbonyl (C=O) groups excluding carboxylic acids is 1. The Kier molecular flexibility index (Phi) is 4.59. The number of rotatable bonds is 3. The van der Waals surface area contributed by atoms with Crippen molar-refractivity contribution in [3.8, 4) is 0 Å². The second kappa shape index (κ2) is 5.90. The summed E-state index contributed by atoms with van der Waals surface area (Å²) >= 11 is 0. The lowest BCUT2D eigenvalue weighted by molar-refractivity contribution is -0.0424. The second-order valence-electron chi connectivity index (χ2n) is 7.19. The molecule has 4 atom stereocenters. The van der Waals surface area contributed by atoms with Gasteiger partial charge in [-0.2, -0.15) is 0 Å². The maximum absolute atomic E-state index is 11.7. The maximum atomic E-state index is 11.7. The van der Waals surface area contributed by atoms with Crippen LogP contribution in [0.25, 0.3) is 0 Å². The van der Waals surface area contributed by atoms with Gasteiger partial charge < -0.3 is 20.1 Å². The van der Waals surface area contributed by atoms with E-state index in [9.17, 15) is 4.79 Å². The zero-order valence-corrected chi connectivity index (χ0v) is 13.2. The molecule has 0 spiro atoms. The zero-order chi connectivity index (χ0) is 14.9. The molecule has 2 fully saturated rings. The Balaban J connectivity index is 1.69. The molecule has 1 heterocycles. The Labute approximate surface area is 121 Å². The van der Waals surface area contributed by atoms with E-state index in [-0.39, 0.29) is 12.1 Å². The van der Waals surface area contributed by atoms with Crippen LogP contribution in [0.2, 0.25) is 0 Å². The zero-order valence-electron chi connectivity index (χ0n) is 13.2. The van der Waals surface area contributed by atoms with Crippen LogP contribution < -0.4 is 10.6 Å². The Bertz CT molecular complexity index is 344.